The van der Waals surface area contributed by atoms with Crippen molar-refractivity contribution in [3.8, 4) is 17.6 Å². The topological polar surface area (TPSA) is 86.1 Å². The van der Waals surface area contributed by atoms with Crippen LogP contribution in [-0.2, 0) is 0 Å². The van der Waals surface area contributed by atoms with E-state index in [1.807, 2.05) is 0 Å². The van der Waals surface area contributed by atoms with Gasteiger partial charge in [0, 0.05) is 6.07 Å². The monoisotopic (exact) mass is 220 g/mol. The van der Waals surface area contributed by atoms with Gasteiger partial charge in [-0.3, -0.25) is 4.79 Å². The molecule has 0 saturated carbocycles. The maximum Gasteiger partial charge on any atom is 0.573 e. The van der Waals surface area contributed by atoms with E-state index in [1.165, 1.54) is 6.07 Å². The zero-order valence-electron chi connectivity index (χ0n) is 6.92. The molecule has 1 aromatic heterocycles. The fraction of sp³-hybridized carbons (Fsp3) is 0.143. The van der Waals surface area contributed by atoms with E-state index in [2.05, 4.69) is 4.74 Å². The highest BCUT2D eigenvalue weighted by Gasteiger charge is 2.34. The van der Waals surface area contributed by atoms with Gasteiger partial charge in [-0.25, -0.2) is 0 Å². The molecule has 0 aromatic carbocycles. The Morgan fingerprint density at radius 2 is 2.13 bits per heavy atom. The summed E-state index contributed by atoms with van der Waals surface area (Å²) in [6.45, 7) is 0. The average Bonchev–Trinajstić information content (AvgIpc) is 2.07. The first-order valence-electron chi connectivity index (χ1n) is 3.45. The molecule has 15 heavy (non-hydrogen) atoms. The molecular weight excluding hydrogens is 217 g/mol. The Balaban J connectivity index is 3.29. The van der Waals surface area contributed by atoms with Gasteiger partial charge in [0.1, 0.15) is 6.07 Å². The molecule has 80 valence electrons. The lowest BCUT2D eigenvalue weighted by atomic mass is 10.3. The van der Waals surface area contributed by atoms with Crippen molar-refractivity contribution < 1.29 is 23.0 Å². The van der Waals surface area contributed by atoms with Crippen LogP contribution in [0.1, 0.15) is 5.69 Å². The predicted molar refractivity (Wildman–Crippen MR) is 40.1 cm³/mol. The van der Waals surface area contributed by atoms with Gasteiger partial charge >= 0.3 is 6.36 Å². The molecule has 2 N–H and O–H groups in total. The van der Waals surface area contributed by atoms with Crippen molar-refractivity contribution in [1.82, 2.24) is 4.98 Å². The second-order valence-electron chi connectivity index (χ2n) is 2.38. The number of ether oxygens (including phenoxy) is 1. The van der Waals surface area contributed by atoms with Gasteiger partial charge < -0.3 is 14.8 Å². The highest BCUT2D eigenvalue weighted by atomic mass is 19.4. The van der Waals surface area contributed by atoms with Gasteiger partial charge in [0.15, 0.2) is 11.4 Å². The number of aromatic nitrogens is 1. The number of hydrogen-bond donors (Lipinski definition) is 2. The molecule has 0 amide bonds. The van der Waals surface area contributed by atoms with Gasteiger partial charge in [0.05, 0.1) is 0 Å². The Hall–Kier alpha value is -2.17. The molecule has 0 aliphatic heterocycles. The summed E-state index contributed by atoms with van der Waals surface area (Å²) < 4.78 is 38.8. The van der Waals surface area contributed by atoms with Crippen molar-refractivity contribution in [2.75, 3.05) is 0 Å². The fourth-order valence-corrected chi connectivity index (χ4v) is 0.832. The van der Waals surface area contributed by atoms with Crippen molar-refractivity contribution in [1.29, 1.82) is 5.26 Å². The fourth-order valence-electron chi connectivity index (χ4n) is 0.832. The molecule has 1 rings (SSSR count). The molecule has 0 spiro atoms. The van der Waals surface area contributed by atoms with Crippen molar-refractivity contribution in [2.24, 2.45) is 0 Å². The quantitative estimate of drug-likeness (QED) is 0.734. The summed E-state index contributed by atoms with van der Waals surface area (Å²) in [6.07, 6.45) is -5.05. The van der Waals surface area contributed by atoms with Crippen molar-refractivity contribution >= 4 is 0 Å². The van der Waals surface area contributed by atoms with Crippen LogP contribution in [0.5, 0.6) is 11.5 Å². The number of hydrogen-bond acceptors (Lipinski definition) is 4. The molecule has 0 saturated heterocycles. The Labute approximate surface area is 80.3 Å². The summed E-state index contributed by atoms with van der Waals surface area (Å²) >= 11 is 0. The smallest absolute Gasteiger partial charge is 0.504 e. The van der Waals surface area contributed by atoms with Gasteiger partial charge in [-0.05, 0) is 0 Å². The number of nitrogens with zero attached hydrogens (tertiary/aromatic N) is 1. The lowest BCUT2D eigenvalue weighted by Crippen LogP contribution is -2.19. The number of halogens is 3. The Bertz CT molecular complexity index is 472. The van der Waals surface area contributed by atoms with Gasteiger partial charge in [-0.15, -0.1) is 13.2 Å². The first-order chi connectivity index (χ1) is 6.83. The molecule has 0 fully saturated rings. The van der Waals surface area contributed by atoms with Crippen LogP contribution in [-0.4, -0.2) is 16.5 Å². The lowest BCUT2D eigenvalue weighted by molar-refractivity contribution is -0.275. The normalized spacial score (nSPS) is 10.8. The zero-order chi connectivity index (χ0) is 11.6. The van der Waals surface area contributed by atoms with Crippen molar-refractivity contribution in [2.45, 2.75) is 6.36 Å². The van der Waals surface area contributed by atoms with E-state index < -0.39 is 29.1 Å². The van der Waals surface area contributed by atoms with Crippen LogP contribution in [0.25, 0.3) is 0 Å². The summed E-state index contributed by atoms with van der Waals surface area (Å²) in [7, 11) is 0. The van der Waals surface area contributed by atoms with Crippen LogP contribution < -0.4 is 10.3 Å². The van der Waals surface area contributed by atoms with E-state index >= 15 is 0 Å². The molecule has 1 heterocycles. The number of aromatic amines is 1. The van der Waals surface area contributed by atoms with Crippen LogP contribution >= 0.6 is 0 Å². The molecule has 0 unspecified atom stereocenters. The van der Waals surface area contributed by atoms with Gasteiger partial charge in [0.25, 0.3) is 5.56 Å². The van der Waals surface area contributed by atoms with Gasteiger partial charge in [0.2, 0.25) is 5.75 Å². The zero-order valence-corrected chi connectivity index (χ0v) is 6.92. The van der Waals surface area contributed by atoms with Crippen LogP contribution in [0.3, 0.4) is 0 Å². The summed E-state index contributed by atoms with van der Waals surface area (Å²) in [5.41, 5.74) is -1.70. The van der Waals surface area contributed by atoms with E-state index in [0.717, 1.165) is 0 Å². The maximum absolute atomic E-state index is 11.8. The van der Waals surface area contributed by atoms with E-state index in [4.69, 9.17) is 10.4 Å². The third kappa shape index (κ3) is 2.63. The molecule has 5 nitrogen and oxygen atoms in total. The summed E-state index contributed by atoms with van der Waals surface area (Å²) in [4.78, 5) is 12.5. The minimum absolute atomic E-state index is 0.474. The number of pyridine rings is 1. The maximum atomic E-state index is 11.8. The summed E-state index contributed by atoms with van der Waals surface area (Å²) in [5, 5.41) is 17.4. The standard InChI is InChI=1S/C7H3F3N2O3/c8-7(9,10)15-6-3(2-11)12-5(14)1-4(6)13/h1H,(H2,12,13,14). The molecule has 0 bridgehead atoms. The number of H-pyrrole nitrogens is 1. The van der Waals surface area contributed by atoms with Crippen molar-refractivity contribution in [3.05, 3.63) is 22.1 Å². The number of nitrogens with one attached hydrogen (secondary N) is 1. The van der Waals surface area contributed by atoms with Crippen molar-refractivity contribution in [3.63, 3.8) is 0 Å². The number of alkyl halides is 3. The minimum atomic E-state index is -5.05. The molecule has 0 radical (unpaired) electrons. The third-order valence-electron chi connectivity index (χ3n) is 1.31. The summed E-state index contributed by atoms with van der Waals surface area (Å²) in [5.74, 6) is -2.17. The summed E-state index contributed by atoms with van der Waals surface area (Å²) in [6, 6.07) is 1.73. The highest BCUT2D eigenvalue weighted by Crippen LogP contribution is 2.31. The Morgan fingerprint density at radius 1 is 1.53 bits per heavy atom. The van der Waals surface area contributed by atoms with Crippen LogP contribution in [0.2, 0.25) is 0 Å². The van der Waals surface area contributed by atoms with Crippen LogP contribution in [0.15, 0.2) is 10.9 Å². The van der Waals surface area contributed by atoms with E-state index in [9.17, 15) is 18.0 Å². The highest BCUT2D eigenvalue weighted by molar-refractivity contribution is 5.47. The largest absolute Gasteiger partial charge is 0.573 e. The molecule has 8 heteroatoms. The van der Waals surface area contributed by atoms with E-state index in [1.54, 1.807) is 4.98 Å². The Kier molecular flexibility index (Phi) is 2.57. The number of aromatic hydroxyl groups is 1. The SMILES string of the molecule is N#Cc1[nH]c(=O)cc(O)c1OC(F)(F)F. The second kappa shape index (κ2) is 3.53. The number of nitriles is 1. The minimum Gasteiger partial charge on any atom is -0.504 e. The first kappa shape index (κ1) is 10.9. The molecule has 0 atom stereocenters. The van der Waals surface area contributed by atoms with Crippen LogP contribution in [0.4, 0.5) is 13.2 Å². The molecule has 1 aromatic rings. The first-order valence-corrected chi connectivity index (χ1v) is 3.45. The van der Waals surface area contributed by atoms with E-state index in [0.29, 0.717) is 6.07 Å². The third-order valence-corrected chi connectivity index (χ3v) is 1.31. The molecular formula is C7H3F3N2O3. The van der Waals surface area contributed by atoms with Gasteiger partial charge in [-0.2, -0.15) is 5.26 Å². The van der Waals surface area contributed by atoms with Crippen LogP contribution in [0, 0.1) is 11.3 Å². The second-order valence-corrected chi connectivity index (χ2v) is 2.38. The average molecular weight is 220 g/mol. The van der Waals surface area contributed by atoms with E-state index in [-0.39, 0.29) is 0 Å². The lowest BCUT2D eigenvalue weighted by Gasteiger charge is -2.10. The number of rotatable bonds is 1. The Morgan fingerprint density at radius 3 is 2.60 bits per heavy atom. The van der Waals surface area contributed by atoms with Gasteiger partial charge in [-0.1, -0.05) is 0 Å². The molecule has 0 aliphatic carbocycles. The predicted octanol–water partition coefficient (Wildman–Crippen LogP) is 0.851. The molecule has 0 aliphatic rings.